The quantitative estimate of drug-likeness (QED) is 0.795. The van der Waals surface area contributed by atoms with Crippen molar-refractivity contribution < 1.29 is 8.42 Å². The fourth-order valence-electron chi connectivity index (χ4n) is 3.19. The third-order valence-electron chi connectivity index (χ3n) is 4.39. The molecule has 0 amide bonds. The highest BCUT2D eigenvalue weighted by molar-refractivity contribution is 7.88. The summed E-state index contributed by atoms with van der Waals surface area (Å²) in [6.07, 6.45) is 5.19. The van der Waals surface area contributed by atoms with Crippen LogP contribution in [0.1, 0.15) is 18.4 Å². The van der Waals surface area contributed by atoms with E-state index in [2.05, 4.69) is 30.2 Å². The molecule has 9 nitrogen and oxygen atoms in total. The second-order valence-electron chi connectivity index (χ2n) is 6.48. The van der Waals surface area contributed by atoms with Crippen LogP contribution in [0.5, 0.6) is 0 Å². The van der Waals surface area contributed by atoms with Gasteiger partial charge in [-0.1, -0.05) is 12.1 Å². The zero-order valence-corrected chi connectivity index (χ0v) is 15.4. The topological polar surface area (TPSA) is 126 Å². The van der Waals surface area contributed by atoms with Crippen LogP contribution < -0.4 is 15.4 Å². The number of aliphatic imine (C=N–C) groups is 1. The predicted molar refractivity (Wildman–Crippen MR) is 103 cm³/mol. The summed E-state index contributed by atoms with van der Waals surface area (Å²) in [7, 11) is -3.59. The van der Waals surface area contributed by atoms with Crippen LogP contribution in [0.25, 0.3) is 0 Å². The third kappa shape index (κ3) is 4.29. The number of nitrogens with one attached hydrogen (secondary N) is 1. The van der Waals surface area contributed by atoms with E-state index in [1.54, 1.807) is 18.2 Å². The van der Waals surface area contributed by atoms with Gasteiger partial charge in [0.25, 0.3) is 0 Å². The lowest BCUT2D eigenvalue weighted by molar-refractivity contribution is 0.597. The number of aromatic nitrogens is 3. The number of hydrogen-bond donors (Lipinski definition) is 2. The van der Waals surface area contributed by atoms with Crippen LogP contribution in [0.3, 0.4) is 0 Å². The van der Waals surface area contributed by atoms with Crippen molar-refractivity contribution in [1.29, 1.82) is 0 Å². The van der Waals surface area contributed by atoms with Crippen LogP contribution in [0.2, 0.25) is 0 Å². The Morgan fingerprint density at radius 3 is 3.00 bits per heavy atom. The molecule has 0 bridgehead atoms. The molecule has 0 unspecified atom stereocenters. The molecule has 0 fully saturated rings. The number of hydrogen-bond acceptors (Lipinski definition) is 8. The van der Waals surface area contributed by atoms with Gasteiger partial charge < -0.3 is 10.2 Å². The summed E-state index contributed by atoms with van der Waals surface area (Å²) in [5.74, 6) is 0.778. The normalized spacial score (nSPS) is 16.6. The minimum Gasteiger partial charge on any atom is -0.336 e. The van der Waals surface area contributed by atoms with Crippen molar-refractivity contribution in [2.24, 2.45) is 10.1 Å². The number of sulfonamides is 1. The van der Waals surface area contributed by atoms with Crippen LogP contribution in [0.4, 0.5) is 17.6 Å². The molecular weight excluding hydrogens is 366 g/mol. The molecule has 0 saturated carbocycles. The van der Waals surface area contributed by atoms with Crippen LogP contribution >= 0.6 is 0 Å². The van der Waals surface area contributed by atoms with Crippen molar-refractivity contribution in [2.75, 3.05) is 23.3 Å². The largest absolute Gasteiger partial charge is 0.336 e. The fourth-order valence-corrected chi connectivity index (χ4v) is 3.84. The first kappa shape index (κ1) is 17.6. The van der Waals surface area contributed by atoms with Crippen molar-refractivity contribution in [3.8, 4) is 0 Å². The van der Waals surface area contributed by atoms with Gasteiger partial charge in [0, 0.05) is 43.5 Å². The average molecular weight is 385 g/mol. The highest BCUT2D eigenvalue weighted by Crippen LogP contribution is 2.27. The van der Waals surface area contributed by atoms with Gasteiger partial charge in [0.1, 0.15) is 6.33 Å². The van der Waals surface area contributed by atoms with Crippen LogP contribution in [0, 0.1) is 0 Å². The van der Waals surface area contributed by atoms with E-state index in [1.807, 2.05) is 12.3 Å². The number of primary sulfonamides is 1. The van der Waals surface area contributed by atoms with Gasteiger partial charge in [-0.05, 0) is 23.3 Å². The highest BCUT2D eigenvalue weighted by Gasteiger charge is 2.22. The smallest absolute Gasteiger partial charge is 0.231 e. The Balaban J connectivity index is 1.50. The van der Waals surface area contributed by atoms with E-state index < -0.39 is 10.0 Å². The molecule has 0 aliphatic carbocycles. The van der Waals surface area contributed by atoms with E-state index >= 15 is 0 Å². The molecule has 2 aliphatic heterocycles. The first-order valence-corrected chi connectivity index (χ1v) is 10.2. The zero-order chi connectivity index (χ0) is 18.9. The SMILES string of the molecule is NS(=O)(=O)Cc1cccc(Nc2ncnc(N3CCC4=C(CC=N4)C3)n2)c1. The molecule has 0 atom stereocenters. The first-order valence-electron chi connectivity index (χ1n) is 8.50. The van der Waals surface area contributed by atoms with Crippen molar-refractivity contribution in [1.82, 2.24) is 15.0 Å². The maximum Gasteiger partial charge on any atom is 0.231 e. The van der Waals surface area contributed by atoms with Crippen molar-refractivity contribution in [3.63, 3.8) is 0 Å². The Labute approximate surface area is 157 Å². The maximum atomic E-state index is 11.3. The van der Waals surface area contributed by atoms with E-state index in [4.69, 9.17) is 5.14 Å². The number of nitrogens with zero attached hydrogens (tertiary/aromatic N) is 5. The molecular formula is C17H19N7O2S. The third-order valence-corrected chi connectivity index (χ3v) is 5.12. The second kappa shape index (κ2) is 7.05. The summed E-state index contributed by atoms with van der Waals surface area (Å²) >= 11 is 0. The van der Waals surface area contributed by atoms with Gasteiger partial charge in [-0.3, -0.25) is 4.99 Å². The zero-order valence-electron chi connectivity index (χ0n) is 14.5. The maximum absolute atomic E-state index is 11.3. The lowest BCUT2D eigenvalue weighted by atomic mass is 10.1. The second-order valence-corrected chi connectivity index (χ2v) is 8.09. The lowest BCUT2D eigenvalue weighted by Crippen LogP contribution is -2.32. The van der Waals surface area contributed by atoms with E-state index in [9.17, 15) is 8.42 Å². The molecule has 140 valence electrons. The number of rotatable bonds is 5. The summed E-state index contributed by atoms with van der Waals surface area (Å²) in [6.45, 7) is 1.58. The Hall–Kier alpha value is -2.85. The summed E-state index contributed by atoms with van der Waals surface area (Å²) in [5, 5.41) is 8.20. The van der Waals surface area contributed by atoms with Crippen LogP contribution in [0.15, 0.2) is 46.9 Å². The average Bonchev–Trinajstić information content (AvgIpc) is 3.08. The van der Waals surface area contributed by atoms with Crippen LogP contribution in [-0.2, 0) is 15.8 Å². The molecule has 2 aromatic rings. The fraction of sp³-hybridized carbons (Fsp3) is 0.294. The lowest BCUT2D eigenvalue weighted by Gasteiger charge is -2.27. The Morgan fingerprint density at radius 1 is 1.26 bits per heavy atom. The van der Waals surface area contributed by atoms with Crippen molar-refractivity contribution in [2.45, 2.75) is 18.6 Å². The summed E-state index contributed by atoms with van der Waals surface area (Å²) in [5.41, 5.74) is 3.77. The van der Waals surface area contributed by atoms with E-state index in [0.29, 0.717) is 23.1 Å². The van der Waals surface area contributed by atoms with Gasteiger partial charge in [0.05, 0.1) is 5.75 Å². The van der Waals surface area contributed by atoms with Gasteiger partial charge in [0.15, 0.2) is 0 Å². The molecule has 4 rings (SSSR count). The monoisotopic (exact) mass is 385 g/mol. The first-order chi connectivity index (χ1) is 13.0. The van der Waals surface area contributed by atoms with E-state index in [-0.39, 0.29) is 5.75 Å². The van der Waals surface area contributed by atoms with Gasteiger partial charge in [-0.2, -0.15) is 4.98 Å². The number of nitrogens with two attached hydrogens (primary N) is 1. The van der Waals surface area contributed by atoms with E-state index in [0.717, 1.165) is 25.9 Å². The molecule has 1 aromatic carbocycles. The molecule has 2 aliphatic rings. The van der Waals surface area contributed by atoms with Crippen molar-refractivity contribution in [3.05, 3.63) is 47.4 Å². The highest BCUT2D eigenvalue weighted by atomic mass is 32.2. The standard InChI is InChI=1S/C17H19N7O2S/c18-27(25,26)10-12-2-1-3-14(8-12)22-16-20-11-21-17(23-16)24-7-5-15-13(9-24)4-6-19-15/h1-3,6,8,11H,4-5,7,9-10H2,(H2,18,25,26)(H,20,21,22,23). The summed E-state index contributed by atoms with van der Waals surface area (Å²) < 4.78 is 22.6. The molecule has 27 heavy (non-hydrogen) atoms. The molecule has 0 radical (unpaired) electrons. The van der Waals surface area contributed by atoms with Crippen LogP contribution in [-0.4, -0.2) is 42.7 Å². The number of benzene rings is 1. The van der Waals surface area contributed by atoms with Gasteiger partial charge in [-0.25, -0.2) is 23.5 Å². The predicted octanol–water partition coefficient (Wildman–Crippen LogP) is 1.34. The Bertz CT molecular complexity index is 1030. The molecule has 0 saturated heterocycles. The minimum atomic E-state index is -3.59. The van der Waals surface area contributed by atoms with Gasteiger partial charge in [-0.15, -0.1) is 0 Å². The molecule has 0 spiro atoms. The molecule has 3 heterocycles. The van der Waals surface area contributed by atoms with Gasteiger partial charge >= 0.3 is 0 Å². The Morgan fingerprint density at radius 2 is 2.15 bits per heavy atom. The van der Waals surface area contributed by atoms with Gasteiger partial charge in [0.2, 0.25) is 21.9 Å². The van der Waals surface area contributed by atoms with Crippen molar-refractivity contribution >= 4 is 33.8 Å². The molecule has 3 N–H and O–H groups in total. The van der Waals surface area contributed by atoms with E-state index in [1.165, 1.54) is 17.6 Å². The summed E-state index contributed by atoms with van der Waals surface area (Å²) in [4.78, 5) is 19.5. The minimum absolute atomic E-state index is 0.224. The Kier molecular flexibility index (Phi) is 4.58. The number of anilines is 3. The molecule has 10 heteroatoms. The molecule has 1 aromatic heterocycles. The summed E-state index contributed by atoms with van der Waals surface area (Å²) in [6, 6.07) is 6.98.